The van der Waals surface area contributed by atoms with Gasteiger partial charge in [0, 0.05) is 42.9 Å². The Hall–Kier alpha value is -2.98. The lowest BCUT2D eigenvalue weighted by atomic mass is 9.73. The lowest BCUT2D eigenvalue weighted by Crippen LogP contribution is -2.59. The highest BCUT2D eigenvalue weighted by Crippen LogP contribution is 2.44. The van der Waals surface area contributed by atoms with Gasteiger partial charge >= 0.3 is 6.09 Å². The van der Waals surface area contributed by atoms with Crippen molar-refractivity contribution in [3.63, 3.8) is 0 Å². The minimum atomic E-state index is -1.10. The number of carbonyl (C=O) groups excluding carboxylic acids is 1. The number of benzene rings is 1. The van der Waals surface area contributed by atoms with Crippen LogP contribution in [0.5, 0.6) is 0 Å². The zero-order valence-corrected chi connectivity index (χ0v) is 15.5. The standard InChI is InChI=1S/C21H22N4O3/c22-11-19-23-12-16(13-24-19)21(27)9-17-7-4-8-18(10-21)25(17)20(26)28-14-15-5-2-1-3-6-15/h1-3,5-6,12-13,17-18,27H,4,7-10,14H2. The van der Waals surface area contributed by atoms with Crippen molar-refractivity contribution in [3.05, 3.63) is 59.7 Å². The molecule has 28 heavy (non-hydrogen) atoms. The number of ether oxygens (including phenoxy) is 1. The number of amides is 1. The van der Waals surface area contributed by atoms with Crippen molar-refractivity contribution in [1.82, 2.24) is 14.9 Å². The van der Waals surface area contributed by atoms with Gasteiger partial charge in [-0.25, -0.2) is 14.8 Å². The Bertz CT molecular complexity index is 865. The van der Waals surface area contributed by atoms with Crippen molar-refractivity contribution in [2.45, 2.75) is 56.4 Å². The summed E-state index contributed by atoms with van der Waals surface area (Å²) < 4.78 is 5.55. The van der Waals surface area contributed by atoms with Crippen LogP contribution in [0.25, 0.3) is 0 Å². The van der Waals surface area contributed by atoms with E-state index in [0.29, 0.717) is 18.4 Å². The molecule has 7 nitrogen and oxygen atoms in total. The second kappa shape index (κ2) is 7.56. The fourth-order valence-corrected chi connectivity index (χ4v) is 4.38. The Kier molecular flexibility index (Phi) is 4.97. The Labute approximate surface area is 163 Å². The monoisotopic (exact) mass is 378 g/mol. The molecule has 4 rings (SSSR count). The summed E-state index contributed by atoms with van der Waals surface area (Å²) in [5.41, 5.74) is 0.449. The molecule has 1 amide bonds. The van der Waals surface area contributed by atoms with Crippen molar-refractivity contribution in [3.8, 4) is 6.07 Å². The first kappa shape index (κ1) is 18.4. The Morgan fingerprint density at radius 1 is 1.21 bits per heavy atom. The van der Waals surface area contributed by atoms with Gasteiger partial charge in [0.15, 0.2) is 0 Å². The predicted molar refractivity (Wildman–Crippen MR) is 99.8 cm³/mol. The number of rotatable bonds is 3. The molecule has 2 fully saturated rings. The van der Waals surface area contributed by atoms with Crippen LogP contribution in [-0.4, -0.2) is 38.2 Å². The maximum Gasteiger partial charge on any atom is 0.410 e. The second-order valence-electron chi connectivity index (χ2n) is 7.53. The molecule has 0 radical (unpaired) electrons. The Morgan fingerprint density at radius 3 is 2.46 bits per heavy atom. The average Bonchev–Trinajstić information content (AvgIpc) is 2.72. The van der Waals surface area contributed by atoms with Gasteiger partial charge in [-0.3, -0.25) is 0 Å². The van der Waals surface area contributed by atoms with Crippen LogP contribution in [0.1, 0.15) is 49.1 Å². The first-order chi connectivity index (χ1) is 13.6. The summed E-state index contributed by atoms with van der Waals surface area (Å²) >= 11 is 0. The van der Waals surface area contributed by atoms with Crippen LogP contribution in [0.15, 0.2) is 42.7 Å². The molecule has 0 saturated carbocycles. The van der Waals surface area contributed by atoms with Gasteiger partial charge in [0.25, 0.3) is 0 Å². The minimum absolute atomic E-state index is 0.0782. The molecule has 1 N–H and O–H groups in total. The minimum Gasteiger partial charge on any atom is -0.445 e. The van der Waals surface area contributed by atoms with E-state index in [4.69, 9.17) is 10.00 Å². The van der Waals surface area contributed by atoms with Gasteiger partial charge in [-0.2, -0.15) is 5.26 Å². The summed E-state index contributed by atoms with van der Waals surface area (Å²) in [6.07, 6.45) is 6.23. The van der Waals surface area contributed by atoms with Gasteiger partial charge in [0.1, 0.15) is 12.7 Å². The summed E-state index contributed by atoms with van der Waals surface area (Å²) in [6.45, 7) is 0.239. The molecular formula is C21H22N4O3. The molecule has 2 saturated heterocycles. The van der Waals surface area contributed by atoms with E-state index in [1.807, 2.05) is 41.3 Å². The first-order valence-electron chi connectivity index (χ1n) is 9.53. The summed E-state index contributed by atoms with van der Waals surface area (Å²) in [5, 5.41) is 20.1. The molecule has 0 aliphatic carbocycles. The third-order valence-corrected chi connectivity index (χ3v) is 5.71. The molecule has 2 aliphatic heterocycles. The number of nitriles is 1. The van der Waals surface area contributed by atoms with Crippen LogP contribution in [0.3, 0.4) is 0 Å². The summed E-state index contributed by atoms with van der Waals surface area (Å²) in [6, 6.07) is 11.3. The zero-order valence-electron chi connectivity index (χ0n) is 15.5. The summed E-state index contributed by atoms with van der Waals surface area (Å²) in [4.78, 5) is 22.6. The number of nitrogens with zero attached hydrogens (tertiary/aromatic N) is 4. The van der Waals surface area contributed by atoms with Crippen LogP contribution in [0.2, 0.25) is 0 Å². The highest BCUT2D eigenvalue weighted by molar-refractivity contribution is 5.69. The molecular weight excluding hydrogens is 356 g/mol. The topological polar surface area (TPSA) is 99.3 Å². The van der Waals surface area contributed by atoms with E-state index in [0.717, 1.165) is 24.8 Å². The van der Waals surface area contributed by atoms with E-state index in [9.17, 15) is 9.90 Å². The van der Waals surface area contributed by atoms with Crippen molar-refractivity contribution < 1.29 is 14.6 Å². The maximum absolute atomic E-state index is 12.8. The molecule has 2 aliphatic rings. The number of aliphatic hydroxyl groups is 1. The van der Waals surface area contributed by atoms with Gasteiger partial charge in [0.2, 0.25) is 5.82 Å². The van der Waals surface area contributed by atoms with E-state index < -0.39 is 5.60 Å². The van der Waals surface area contributed by atoms with Gasteiger partial charge in [-0.15, -0.1) is 0 Å². The van der Waals surface area contributed by atoms with E-state index in [1.54, 1.807) is 0 Å². The van der Waals surface area contributed by atoms with Gasteiger partial charge < -0.3 is 14.7 Å². The number of carbonyl (C=O) groups is 1. The lowest BCUT2D eigenvalue weighted by molar-refractivity contribution is -0.0899. The number of aromatic nitrogens is 2. The highest BCUT2D eigenvalue weighted by atomic mass is 16.6. The van der Waals surface area contributed by atoms with Crippen molar-refractivity contribution in [2.75, 3.05) is 0 Å². The van der Waals surface area contributed by atoms with Gasteiger partial charge in [0.05, 0.1) is 5.60 Å². The van der Waals surface area contributed by atoms with Crippen LogP contribution in [0.4, 0.5) is 4.79 Å². The van der Waals surface area contributed by atoms with E-state index in [2.05, 4.69) is 9.97 Å². The van der Waals surface area contributed by atoms with Crippen molar-refractivity contribution >= 4 is 6.09 Å². The second-order valence-corrected chi connectivity index (χ2v) is 7.53. The van der Waals surface area contributed by atoms with E-state index in [1.165, 1.54) is 12.4 Å². The van der Waals surface area contributed by atoms with E-state index in [-0.39, 0.29) is 30.6 Å². The Morgan fingerprint density at radius 2 is 1.86 bits per heavy atom. The highest BCUT2D eigenvalue weighted by Gasteiger charge is 2.49. The molecule has 2 atom stereocenters. The predicted octanol–water partition coefficient (Wildman–Crippen LogP) is 2.89. The summed E-state index contributed by atoms with van der Waals surface area (Å²) in [5.74, 6) is 0.0782. The molecule has 1 aromatic heterocycles. The molecule has 7 heteroatoms. The van der Waals surface area contributed by atoms with Crippen LogP contribution < -0.4 is 0 Å². The van der Waals surface area contributed by atoms with Crippen LogP contribution >= 0.6 is 0 Å². The van der Waals surface area contributed by atoms with Crippen LogP contribution in [0, 0.1) is 11.3 Å². The SMILES string of the molecule is N#Cc1ncc(C2(O)CC3CCCC(C2)N3C(=O)OCc2ccccc2)cn1. The number of piperidine rings is 2. The van der Waals surface area contributed by atoms with Crippen LogP contribution in [-0.2, 0) is 16.9 Å². The molecule has 2 unspecified atom stereocenters. The largest absolute Gasteiger partial charge is 0.445 e. The normalized spacial score (nSPS) is 26.4. The number of hydrogen-bond donors (Lipinski definition) is 1. The van der Waals surface area contributed by atoms with Crippen molar-refractivity contribution in [2.24, 2.45) is 0 Å². The molecule has 2 bridgehead atoms. The van der Waals surface area contributed by atoms with Gasteiger partial charge in [-0.1, -0.05) is 30.3 Å². The molecule has 144 valence electrons. The number of fused-ring (bicyclic) bond motifs is 2. The molecule has 0 spiro atoms. The third-order valence-electron chi connectivity index (χ3n) is 5.71. The van der Waals surface area contributed by atoms with Gasteiger partial charge in [-0.05, 0) is 24.8 Å². The molecule has 1 aromatic carbocycles. The maximum atomic E-state index is 12.8. The third kappa shape index (κ3) is 3.56. The average molecular weight is 378 g/mol. The molecule has 3 heterocycles. The fraction of sp³-hybridized carbons (Fsp3) is 0.429. The number of hydrogen-bond acceptors (Lipinski definition) is 6. The lowest BCUT2D eigenvalue weighted by Gasteiger charge is -2.51. The zero-order chi connectivity index (χ0) is 19.6. The molecule has 2 aromatic rings. The Balaban J connectivity index is 1.48. The fourth-order valence-electron chi connectivity index (χ4n) is 4.38. The van der Waals surface area contributed by atoms with Crippen molar-refractivity contribution in [1.29, 1.82) is 5.26 Å². The quantitative estimate of drug-likeness (QED) is 0.882. The first-order valence-corrected chi connectivity index (χ1v) is 9.53. The smallest absolute Gasteiger partial charge is 0.410 e. The summed E-state index contributed by atoms with van der Waals surface area (Å²) in [7, 11) is 0. The van der Waals surface area contributed by atoms with E-state index >= 15 is 0 Å².